The zero-order chi connectivity index (χ0) is 25.5. The number of H-pyrrole nitrogens is 1. The van der Waals surface area contributed by atoms with E-state index >= 15 is 0 Å². The first kappa shape index (κ1) is 25.4. The zero-order valence-corrected chi connectivity index (χ0v) is 21.1. The van der Waals surface area contributed by atoms with Crippen molar-refractivity contribution >= 4 is 22.6 Å². The first-order chi connectivity index (χ1) is 17.5. The van der Waals surface area contributed by atoms with Crippen LogP contribution in [-0.4, -0.2) is 67.3 Å². The molecule has 3 aromatic rings. The number of urea groups is 1. The predicted octanol–water partition coefficient (Wildman–Crippen LogP) is 4.07. The lowest BCUT2D eigenvalue weighted by Gasteiger charge is -2.25. The van der Waals surface area contributed by atoms with Crippen molar-refractivity contribution in [2.45, 2.75) is 26.8 Å². The Kier molecular flexibility index (Phi) is 8.32. The molecule has 2 aromatic carbocycles. The Hall–Kier alpha value is -3.72. The molecule has 0 spiro atoms. The Bertz CT molecular complexity index is 1250. The molecule has 0 saturated heterocycles. The van der Waals surface area contributed by atoms with Gasteiger partial charge in [-0.15, -0.1) is 0 Å². The Labute approximate surface area is 210 Å². The number of benzene rings is 2. The Morgan fingerprint density at radius 2 is 1.78 bits per heavy atom. The monoisotopic (exact) mass is 494 g/mol. The fourth-order valence-corrected chi connectivity index (χ4v) is 4.33. The van der Waals surface area contributed by atoms with Crippen molar-refractivity contribution in [3.05, 3.63) is 58.4 Å². The highest BCUT2D eigenvalue weighted by Gasteiger charge is 2.19. The molecular weight excluding hydrogens is 460 g/mol. The second-order valence-electron chi connectivity index (χ2n) is 8.64. The van der Waals surface area contributed by atoms with Gasteiger partial charge < -0.3 is 34.3 Å². The third-order valence-corrected chi connectivity index (χ3v) is 6.38. The number of hydrogen-bond donors (Lipinski definition) is 2. The highest BCUT2D eigenvalue weighted by Crippen LogP contribution is 2.33. The quantitative estimate of drug-likeness (QED) is 0.441. The van der Waals surface area contributed by atoms with Gasteiger partial charge in [0.25, 0.3) is 5.56 Å². The minimum absolute atomic E-state index is 0.166. The molecule has 192 valence electrons. The van der Waals surface area contributed by atoms with Crippen LogP contribution in [0.5, 0.6) is 17.2 Å². The summed E-state index contributed by atoms with van der Waals surface area (Å²) in [6.45, 7) is 8.63. The molecule has 2 amide bonds. The number of para-hydroxylation sites is 2. The number of rotatable bonds is 10. The van der Waals surface area contributed by atoms with Crippen LogP contribution < -0.4 is 25.1 Å². The van der Waals surface area contributed by atoms with Crippen molar-refractivity contribution in [3.63, 3.8) is 0 Å². The minimum atomic E-state index is -0.291. The first-order valence-corrected chi connectivity index (χ1v) is 12.4. The summed E-state index contributed by atoms with van der Waals surface area (Å²) < 4.78 is 16.7. The fraction of sp³-hybridized carbons (Fsp3) is 0.407. The van der Waals surface area contributed by atoms with Gasteiger partial charge in [-0.2, -0.15) is 0 Å². The maximum Gasteiger partial charge on any atom is 0.322 e. The molecule has 1 aromatic heterocycles. The van der Waals surface area contributed by atoms with E-state index in [0.717, 1.165) is 31.4 Å². The van der Waals surface area contributed by atoms with Crippen LogP contribution in [0.2, 0.25) is 0 Å². The summed E-state index contributed by atoms with van der Waals surface area (Å²) in [6, 6.07) is 12.4. The van der Waals surface area contributed by atoms with Crippen LogP contribution in [0.1, 0.15) is 25.8 Å². The normalized spacial score (nSPS) is 12.6. The third-order valence-electron chi connectivity index (χ3n) is 6.38. The van der Waals surface area contributed by atoms with Gasteiger partial charge in [0.1, 0.15) is 19.0 Å². The van der Waals surface area contributed by atoms with Crippen LogP contribution in [0, 0.1) is 0 Å². The number of anilines is 1. The Balaban J connectivity index is 1.58. The topological polar surface area (TPSA) is 96.1 Å². The summed E-state index contributed by atoms with van der Waals surface area (Å²) in [7, 11) is 1.56. The van der Waals surface area contributed by atoms with Crippen molar-refractivity contribution < 1.29 is 19.0 Å². The molecule has 0 saturated carbocycles. The number of aromatic amines is 1. The summed E-state index contributed by atoms with van der Waals surface area (Å²) in [4.78, 5) is 33.3. The van der Waals surface area contributed by atoms with E-state index in [-0.39, 0.29) is 18.1 Å². The van der Waals surface area contributed by atoms with Gasteiger partial charge >= 0.3 is 6.03 Å². The van der Waals surface area contributed by atoms with Gasteiger partial charge in [0.05, 0.1) is 24.9 Å². The van der Waals surface area contributed by atoms with Crippen LogP contribution in [0.4, 0.5) is 10.5 Å². The van der Waals surface area contributed by atoms with E-state index in [1.165, 1.54) is 0 Å². The average molecular weight is 495 g/mol. The van der Waals surface area contributed by atoms with Crippen molar-refractivity contribution in [2.75, 3.05) is 51.8 Å². The van der Waals surface area contributed by atoms with Gasteiger partial charge in [0.15, 0.2) is 11.5 Å². The number of nitrogens with one attached hydrogen (secondary N) is 2. The third kappa shape index (κ3) is 5.91. The second-order valence-corrected chi connectivity index (χ2v) is 8.64. The Morgan fingerprint density at radius 1 is 1.06 bits per heavy atom. The number of nitrogens with zero attached hydrogens (tertiary/aromatic N) is 2. The van der Waals surface area contributed by atoms with E-state index in [4.69, 9.17) is 14.2 Å². The van der Waals surface area contributed by atoms with Crippen molar-refractivity contribution in [3.8, 4) is 17.2 Å². The van der Waals surface area contributed by atoms with Gasteiger partial charge in [-0.3, -0.25) is 4.79 Å². The molecule has 4 rings (SSSR count). The van der Waals surface area contributed by atoms with Crippen LogP contribution >= 0.6 is 0 Å². The molecule has 0 fully saturated rings. The maximum absolute atomic E-state index is 13.4. The molecule has 9 nitrogen and oxygen atoms in total. The molecule has 0 unspecified atom stereocenters. The molecule has 2 N–H and O–H groups in total. The van der Waals surface area contributed by atoms with E-state index < -0.39 is 0 Å². The molecule has 1 aliphatic rings. The molecule has 2 heterocycles. The standard InChI is InChI=1S/C27H34N4O5/c1-4-30(5-2)11-8-12-31(27(33)29-21-9-6-7-10-23(21)34-3)18-20-15-19-16-24-25(36-14-13-35-24)17-22(19)28-26(20)32/h6-7,9-10,15-17H,4-5,8,11-14,18H2,1-3H3,(H,28,32)(H,29,33). The fourth-order valence-electron chi connectivity index (χ4n) is 4.33. The summed E-state index contributed by atoms with van der Waals surface area (Å²) in [5, 5.41) is 3.77. The number of hydrogen-bond acceptors (Lipinski definition) is 6. The SMILES string of the molecule is CCN(CC)CCCN(Cc1cc2cc3c(cc2[nH]c1=O)OCCO3)C(=O)Nc1ccccc1OC. The molecule has 1 aliphatic heterocycles. The molecule has 0 radical (unpaired) electrons. The average Bonchev–Trinajstić information content (AvgIpc) is 2.90. The van der Waals surface area contributed by atoms with Crippen LogP contribution in [-0.2, 0) is 6.54 Å². The largest absolute Gasteiger partial charge is 0.495 e. The highest BCUT2D eigenvalue weighted by atomic mass is 16.6. The molecule has 36 heavy (non-hydrogen) atoms. The smallest absolute Gasteiger partial charge is 0.322 e. The number of aromatic nitrogens is 1. The van der Waals surface area contributed by atoms with Crippen LogP contribution in [0.25, 0.3) is 10.9 Å². The van der Waals surface area contributed by atoms with Crippen molar-refractivity contribution in [1.82, 2.24) is 14.8 Å². The summed E-state index contributed by atoms with van der Waals surface area (Å²) in [5.41, 5.74) is 1.50. The van der Waals surface area contributed by atoms with Crippen molar-refractivity contribution in [1.29, 1.82) is 0 Å². The lowest BCUT2D eigenvalue weighted by Crippen LogP contribution is -2.38. The second kappa shape index (κ2) is 11.8. The van der Waals surface area contributed by atoms with E-state index in [1.807, 2.05) is 24.3 Å². The van der Waals surface area contributed by atoms with E-state index in [1.54, 1.807) is 30.2 Å². The lowest BCUT2D eigenvalue weighted by atomic mass is 10.1. The number of pyridine rings is 1. The molecule has 0 bridgehead atoms. The van der Waals surface area contributed by atoms with Gasteiger partial charge in [-0.25, -0.2) is 4.79 Å². The highest BCUT2D eigenvalue weighted by molar-refractivity contribution is 5.91. The number of amides is 2. The first-order valence-electron chi connectivity index (χ1n) is 12.4. The molecule has 0 aliphatic carbocycles. The Morgan fingerprint density at radius 3 is 2.50 bits per heavy atom. The van der Waals surface area contributed by atoms with Crippen molar-refractivity contribution in [2.24, 2.45) is 0 Å². The lowest BCUT2D eigenvalue weighted by molar-refractivity contribution is 0.172. The number of methoxy groups -OCH3 is 1. The summed E-state index contributed by atoms with van der Waals surface area (Å²) in [5.74, 6) is 1.84. The molecular formula is C27H34N4O5. The summed E-state index contributed by atoms with van der Waals surface area (Å²) >= 11 is 0. The van der Waals surface area contributed by atoms with E-state index in [9.17, 15) is 9.59 Å². The van der Waals surface area contributed by atoms with Gasteiger partial charge in [-0.05, 0) is 50.3 Å². The molecule has 9 heteroatoms. The van der Waals surface area contributed by atoms with E-state index in [0.29, 0.717) is 53.8 Å². The maximum atomic E-state index is 13.4. The van der Waals surface area contributed by atoms with Gasteiger partial charge in [0.2, 0.25) is 0 Å². The number of fused-ring (bicyclic) bond motifs is 2. The van der Waals surface area contributed by atoms with Gasteiger partial charge in [0, 0.05) is 23.6 Å². The minimum Gasteiger partial charge on any atom is -0.495 e. The zero-order valence-electron chi connectivity index (χ0n) is 21.1. The van der Waals surface area contributed by atoms with Crippen LogP contribution in [0.15, 0.2) is 47.3 Å². The number of ether oxygens (including phenoxy) is 3. The number of carbonyl (C=O) groups excluding carboxylic acids is 1. The van der Waals surface area contributed by atoms with Crippen LogP contribution in [0.3, 0.4) is 0 Å². The van der Waals surface area contributed by atoms with Gasteiger partial charge in [-0.1, -0.05) is 26.0 Å². The summed E-state index contributed by atoms with van der Waals surface area (Å²) in [6.07, 6.45) is 0.783. The molecule has 0 atom stereocenters. The van der Waals surface area contributed by atoms with E-state index in [2.05, 4.69) is 29.0 Å². The predicted molar refractivity (Wildman–Crippen MR) is 140 cm³/mol. The number of carbonyl (C=O) groups is 1.